The lowest BCUT2D eigenvalue weighted by molar-refractivity contribution is -0.126. The van der Waals surface area contributed by atoms with Crippen molar-refractivity contribution < 1.29 is 14.3 Å². The van der Waals surface area contributed by atoms with E-state index < -0.39 is 0 Å². The molecule has 142 valence electrons. The van der Waals surface area contributed by atoms with E-state index in [-0.39, 0.29) is 23.8 Å². The molecule has 1 aliphatic heterocycles. The third-order valence-electron chi connectivity index (χ3n) is 4.54. The van der Waals surface area contributed by atoms with E-state index in [4.69, 9.17) is 4.74 Å². The molecule has 6 heteroatoms. The summed E-state index contributed by atoms with van der Waals surface area (Å²) < 4.78 is 5.80. The number of carbonyl (C=O) groups excluding carboxylic acids is 2. The van der Waals surface area contributed by atoms with Crippen molar-refractivity contribution in [2.24, 2.45) is 5.92 Å². The van der Waals surface area contributed by atoms with Crippen LogP contribution in [0.4, 0.5) is 0 Å². The van der Waals surface area contributed by atoms with Crippen LogP contribution in [0.2, 0.25) is 0 Å². The van der Waals surface area contributed by atoms with E-state index >= 15 is 0 Å². The highest BCUT2D eigenvalue weighted by molar-refractivity contribution is 5.96. The summed E-state index contributed by atoms with van der Waals surface area (Å²) in [6, 6.07) is 12.9. The van der Waals surface area contributed by atoms with E-state index in [0.29, 0.717) is 43.1 Å². The van der Waals surface area contributed by atoms with E-state index in [1.165, 1.54) is 0 Å². The van der Waals surface area contributed by atoms with Crippen molar-refractivity contribution in [3.05, 3.63) is 54.2 Å². The predicted molar refractivity (Wildman–Crippen MR) is 103 cm³/mol. The van der Waals surface area contributed by atoms with Gasteiger partial charge >= 0.3 is 0 Å². The Morgan fingerprint density at radius 1 is 1.11 bits per heavy atom. The van der Waals surface area contributed by atoms with Gasteiger partial charge in [0.05, 0.1) is 0 Å². The number of carbonyl (C=O) groups is 2. The minimum Gasteiger partial charge on any atom is -0.438 e. The van der Waals surface area contributed by atoms with E-state index in [9.17, 15) is 9.59 Å². The summed E-state index contributed by atoms with van der Waals surface area (Å²) in [7, 11) is 0. The maximum absolute atomic E-state index is 13.0. The lowest BCUT2D eigenvalue weighted by atomic mass is 9.95. The second kappa shape index (κ2) is 8.66. The van der Waals surface area contributed by atoms with Gasteiger partial charge in [-0.2, -0.15) is 0 Å². The van der Waals surface area contributed by atoms with Crippen LogP contribution in [-0.4, -0.2) is 40.8 Å². The Kier molecular flexibility index (Phi) is 6.06. The Labute approximate surface area is 159 Å². The molecule has 0 saturated carbocycles. The summed E-state index contributed by atoms with van der Waals surface area (Å²) >= 11 is 0. The number of para-hydroxylation sites is 1. The van der Waals surface area contributed by atoms with Crippen molar-refractivity contribution in [1.29, 1.82) is 0 Å². The first-order chi connectivity index (χ1) is 13.0. The number of hydrogen-bond donors (Lipinski definition) is 1. The Morgan fingerprint density at radius 3 is 2.48 bits per heavy atom. The summed E-state index contributed by atoms with van der Waals surface area (Å²) in [6.45, 7) is 5.00. The topological polar surface area (TPSA) is 71.5 Å². The van der Waals surface area contributed by atoms with Crippen LogP contribution in [0, 0.1) is 5.92 Å². The first-order valence-electron chi connectivity index (χ1n) is 9.32. The molecule has 0 bridgehead atoms. The van der Waals surface area contributed by atoms with Crippen LogP contribution in [-0.2, 0) is 4.79 Å². The third kappa shape index (κ3) is 4.84. The number of benzene rings is 1. The highest BCUT2D eigenvalue weighted by Gasteiger charge is 2.29. The summed E-state index contributed by atoms with van der Waals surface area (Å²) in [5, 5.41) is 2.95. The predicted octanol–water partition coefficient (Wildman–Crippen LogP) is 3.25. The molecule has 3 rings (SSSR count). The second-order valence-electron chi connectivity index (χ2n) is 7.00. The minimum atomic E-state index is -0.114. The molecule has 0 unspecified atom stereocenters. The molecule has 1 N–H and O–H groups in total. The Hall–Kier alpha value is -2.89. The van der Waals surface area contributed by atoms with Crippen LogP contribution in [0.25, 0.3) is 0 Å². The van der Waals surface area contributed by atoms with E-state index in [1.807, 2.05) is 44.2 Å². The fraction of sp³-hybridized carbons (Fsp3) is 0.381. The molecule has 1 fully saturated rings. The molecule has 27 heavy (non-hydrogen) atoms. The number of likely N-dealkylation sites (tertiary alicyclic amines) is 1. The molecule has 1 saturated heterocycles. The maximum atomic E-state index is 13.0. The molecular weight excluding hydrogens is 342 g/mol. The molecule has 1 aliphatic rings. The van der Waals surface area contributed by atoms with Gasteiger partial charge in [-0.1, -0.05) is 18.2 Å². The summed E-state index contributed by atoms with van der Waals surface area (Å²) in [5.41, 5.74) is 0.437. The van der Waals surface area contributed by atoms with Gasteiger partial charge in [-0.05, 0) is 51.0 Å². The third-order valence-corrected chi connectivity index (χ3v) is 4.54. The van der Waals surface area contributed by atoms with Crippen molar-refractivity contribution in [2.45, 2.75) is 32.7 Å². The Morgan fingerprint density at radius 2 is 1.81 bits per heavy atom. The molecule has 2 aromatic rings. The number of pyridine rings is 1. The SMILES string of the molecule is CC(C)NC(=O)C1CCN(C(=O)c2cccnc2Oc2ccccc2)CC1. The highest BCUT2D eigenvalue weighted by Crippen LogP contribution is 2.26. The minimum absolute atomic E-state index is 0.0367. The number of nitrogens with one attached hydrogen (secondary N) is 1. The standard InChI is InChI=1S/C21H25N3O3/c1-15(2)23-19(25)16-10-13-24(14-11-16)21(26)18-9-6-12-22-20(18)27-17-7-4-3-5-8-17/h3-9,12,15-16H,10-11,13-14H2,1-2H3,(H,23,25). The normalized spacial score (nSPS) is 14.9. The van der Waals surface area contributed by atoms with Crippen molar-refractivity contribution in [2.75, 3.05) is 13.1 Å². The quantitative estimate of drug-likeness (QED) is 0.881. The molecule has 0 atom stereocenters. The van der Waals surface area contributed by atoms with Gasteiger partial charge < -0.3 is 15.0 Å². The van der Waals surface area contributed by atoms with Gasteiger partial charge in [-0.25, -0.2) is 4.98 Å². The summed E-state index contributed by atoms with van der Waals surface area (Å²) in [4.78, 5) is 31.1. The van der Waals surface area contributed by atoms with Crippen molar-refractivity contribution >= 4 is 11.8 Å². The van der Waals surface area contributed by atoms with E-state index in [1.54, 1.807) is 23.2 Å². The average Bonchev–Trinajstić information content (AvgIpc) is 2.68. The van der Waals surface area contributed by atoms with Crippen molar-refractivity contribution in [3.8, 4) is 11.6 Å². The Balaban J connectivity index is 1.66. The molecule has 0 spiro atoms. The second-order valence-corrected chi connectivity index (χ2v) is 7.00. The number of nitrogens with zero attached hydrogens (tertiary/aromatic N) is 2. The molecule has 6 nitrogen and oxygen atoms in total. The van der Waals surface area contributed by atoms with Crippen LogP contribution in [0.15, 0.2) is 48.7 Å². The van der Waals surface area contributed by atoms with Crippen molar-refractivity contribution in [3.63, 3.8) is 0 Å². The molecule has 1 aromatic carbocycles. The number of rotatable bonds is 5. The first-order valence-corrected chi connectivity index (χ1v) is 9.32. The maximum Gasteiger partial charge on any atom is 0.259 e. The van der Waals surface area contributed by atoms with Gasteiger partial charge in [0.15, 0.2) is 0 Å². The average molecular weight is 367 g/mol. The van der Waals surface area contributed by atoms with E-state index in [0.717, 1.165) is 0 Å². The molecule has 2 heterocycles. The summed E-state index contributed by atoms with van der Waals surface area (Å²) in [5.74, 6) is 0.858. The van der Waals surface area contributed by atoms with E-state index in [2.05, 4.69) is 10.3 Å². The highest BCUT2D eigenvalue weighted by atomic mass is 16.5. The number of hydrogen-bond acceptors (Lipinski definition) is 4. The number of amides is 2. The number of piperidine rings is 1. The van der Waals surface area contributed by atoms with Gasteiger partial charge in [0.1, 0.15) is 11.3 Å². The van der Waals surface area contributed by atoms with Gasteiger partial charge in [0.25, 0.3) is 5.91 Å². The zero-order valence-corrected chi connectivity index (χ0v) is 15.7. The lowest BCUT2D eigenvalue weighted by Crippen LogP contribution is -2.44. The molecular formula is C21H25N3O3. The summed E-state index contributed by atoms with van der Waals surface area (Å²) in [6.07, 6.45) is 2.94. The molecule has 0 radical (unpaired) electrons. The van der Waals surface area contributed by atoms with Gasteiger partial charge in [-0.3, -0.25) is 9.59 Å². The van der Waals surface area contributed by atoms with Gasteiger partial charge in [0.2, 0.25) is 11.8 Å². The monoisotopic (exact) mass is 367 g/mol. The molecule has 1 aromatic heterocycles. The van der Waals surface area contributed by atoms with Crippen molar-refractivity contribution in [1.82, 2.24) is 15.2 Å². The van der Waals surface area contributed by atoms with Crippen LogP contribution < -0.4 is 10.1 Å². The number of aromatic nitrogens is 1. The van der Waals surface area contributed by atoms with Crippen LogP contribution in [0.5, 0.6) is 11.6 Å². The fourth-order valence-corrected chi connectivity index (χ4v) is 3.15. The van der Waals surface area contributed by atoms with Gasteiger partial charge in [-0.15, -0.1) is 0 Å². The smallest absolute Gasteiger partial charge is 0.259 e. The lowest BCUT2D eigenvalue weighted by Gasteiger charge is -2.32. The van der Waals surface area contributed by atoms with Crippen LogP contribution >= 0.6 is 0 Å². The fourth-order valence-electron chi connectivity index (χ4n) is 3.15. The van der Waals surface area contributed by atoms with Crippen LogP contribution in [0.3, 0.4) is 0 Å². The zero-order valence-electron chi connectivity index (χ0n) is 15.7. The zero-order chi connectivity index (χ0) is 19.2. The first kappa shape index (κ1) is 18.9. The number of ether oxygens (including phenoxy) is 1. The van der Waals surface area contributed by atoms with Gasteiger partial charge in [0, 0.05) is 31.2 Å². The largest absolute Gasteiger partial charge is 0.438 e. The molecule has 0 aliphatic carbocycles. The Bertz CT molecular complexity index is 784. The molecule has 2 amide bonds. The van der Waals surface area contributed by atoms with Crippen LogP contribution in [0.1, 0.15) is 37.0 Å².